The molecule has 5 rings (SSSR count). The first-order valence-electron chi connectivity index (χ1n) is 11.8. The summed E-state index contributed by atoms with van der Waals surface area (Å²) in [6.45, 7) is 6.14. The zero-order valence-electron chi connectivity index (χ0n) is 19.8. The molecule has 0 spiro atoms. The Morgan fingerprint density at radius 3 is 2.24 bits per heavy atom. The lowest BCUT2D eigenvalue weighted by Crippen LogP contribution is -2.48. The Morgan fingerprint density at radius 2 is 1.53 bits per heavy atom. The fraction of sp³-hybridized carbons (Fsp3) is 0.241. The van der Waals surface area contributed by atoms with E-state index in [4.69, 9.17) is 4.98 Å². The van der Waals surface area contributed by atoms with Crippen molar-refractivity contribution in [2.24, 2.45) is 0 Å². The average molecular weight is 451 g/mol. The van der Waals surface area contributed by atoms with E-state index in [2.05, 4.69) is 77.4 Å². The molecule has 0 unspecified atom stereocenters. The van der Waals surface area contributed by atoms with Crippen molar-refractivity contribution in [3.05, 3.63) is 123 Å². The van der Waals surface area contributed by atoms with Gasteiger partial charge in [0.05, 0.1) is 19.0 Å². The summed E-state index contributed by atoms with van der Waals surface area (Å²) in [4.78, 5) is 23.2. The average Bonchev–Trinajstić information content (AvgIpc) is 2.86. The number of benzene rings is 3. The molecule has 5 heteroatoms. The summed E-state index contributed by atoms with van der Waals surface area (Å²) in [7, 11) is 0. The molecule has 0 saturated heterocycles. The molecule has 0 atom stereocenters. The molecule has 34 heavy (non-hydrogen) atoms. The summed E-state index contributed by atoms with van der Waals surface area (Å²) >= 11 is 0. The fourth-order valence-corrected chi connectivity index (χ4v) is 4.60. The van der Waals surface area contributed by atoms with Gasteiger partial charge in [-0.2, -0.15) is 0 Å². The molecule has 1 aliphatic rings. The lowest BCUT2D eigenvalue weighted by Gasteiger charge is -2.38. The molecule has 2 heterocycles. The van der Waals surface area contributed by atoms with E-state index >= 15 is 0 Å². The maximum Gasteiger partial charge on any atom is 0.259 e. The molecular weight excluding hydrogens is 420 g/mol. The Bertz CT molecular complexity index is 1330. The minimum absolute atomic E-state index is 0.0495. The number of anilines is 2. The molecule has 0 radical (unpaired) electrons. The number of hydrogen-bond donors (Lipinski definition) is 0. The highest BCUT2D eigenvalue weighted by molar-refractivity contribution is 5.59. The molecule has 172 valence electrons. The first kappa shape index (κ1) is 22.1. The SMILES string of the molecule is Cc1cccc(N2CN(CCc3ccccc3)Cn3c2nc(C)c(Cc2ccccc2)c3=O)c1. The number of aryl methyl sites for hydroxylation is 2. The lowest BCUT2D eigenvalue weighted by molar-refractivity contribution is 0.200. The molecule has 0 N–H and O–H groups in total. The Balaban J connectivity index is 1.53. The Hall–Kier alpha value is -3.70. The minimum atomic E-state index is 0.0495. The summed E-state index contributed by atoms with van der Waals surface area (Å²) in [5.74, 6) is 0.723. The molecule has 3 aromatic carbocycles. The van der Waals surface area contributed by atoms with Gasteiger partial charge in [0.2, 0.25) is 5.95 Å². The Labute approximate surface area is 200 Å². The van der Waals surface area contributed by atoms with Crippen LogP contribution in [0.2, 0.25) is 0 Å². The minimum Gasteiger partial charge on any atom is -0.298 e. The number of rotatable bonds is 6. The van der Waals surface area contributed by atoms with Crippen LogP contribution in [0.3, 0.4) is 0 Å². The van der Waals surface area contributed by atoms with Crippen molar-refractivity contribution in [3.63, 3.8) is 0 Å². The smallest absolute Gasteiger partial charge is 0.259 e. The van der Waals surface area contributed by atoms with Crippen LogP contribution in [0.1, 0.15) is 27.9 Å². The first-order chi connectivity index (χ1) is 16.6. The van der Waals surface area contributed by atoms with E-state index in [0.29, 0.717) is 19.8 Å². The van der Waals surface area contributed by atoms with E-state index in [9.17, 15) is 4.79 Å². The first-order valence-corrected chi connectivity index (χ1v) is 11.8. The maximum atomic E-state index is 13.8. The molecule has 5 nitrogen and oxygen atoms in total. The van der Waals surface area contributed by atoms with Crippen molar-refractivity contribution in [2.45, 2.75) is 33.4 Å². The van der Waals surface area contributed by atoms with Crippen LogP contribution in [0, 0.1) is 13.8 Å². The Morgan fingerprint density at radius 1 is 0.824 bits per heavy atom. The lowest BCUT2D eigenvalue weighted by atomic mass is 10.1. The second kappa shape index (κ2) is 9.65. The van der Waals surface area contributed by atoms with Gasteiger partial charge in [-0.25, -0.2) is 4.98 Å². The van der Waals surface area contributed by atoms with E-state index < -0.39 is 0 Å². The molecular formula is C29H30N4O. The molecule has 0 aliphatic carbocycles. The predicted molar refractivity (Wildman–Crippen MR) is 138 cm³/mol. The van der Waals surface area contributed by atoms with Crippen molar-refractivity contribution in [1.82, 2.24) is 14.5 Å². The standard InChI is InChI=1S/C29H30N4O/c1-22-10-9-15-26(18-22)32-20-31(17-16-24-11-5-3-6-12-24)21-33-28(34)27(23(2)30-29(32)33)19-25-13-7-4-8-14-25/h3-15,18H,16-17,19-21H2,1-2H3. The largest absolute Gasteiger partial charge is 0.298 e. The van der Waals surface area contributed by atoms with Crippen LogP contribution in [0.15, 0.2) is 89.7 Å². The molecule has 4 aromatic rings. The van der Waals surface area contributed by atoms with Crippen LogP contribution in [0.25, 0.3) is 0 Å². The zero-order chi connectivity index (χ0) is 23.5. The van der Waals surface area contributed by atoms with Crippen LogP contribution in [-0.2, 0) is 19.5 Å². The third-order valence-corrected chi connectivity index (χ3v) is 6.47. The van der Waals surface area contributed by atoms with Gasteiger partial charge in [0.25, 0.3) is 5.56 Å². The van der Waals surface area contributed by atoms with Crippen LogP contribution >= 0.6 is 0 Å². The monoisotopic (exact) mass is 450 g/mol. The van der Waals surface area contributed by atoms with Gasteiger partial charge in [-0.15, -0.1) is 0 Å². The molecule has 0 amide bonds. The highest BCUT2D eigenvalue weighted by Crippen LogP contribution is 2.28. The summed E-state index contributed by atoms with van der Waals surface area (Å²) in [5, 5.41) is 0. The van der Waals surface area contributed by atoms with Gasteiger partial charge in [-0.1, -0.05) is 72.8 Å². The third-order valence-electron chi connectivity index (χ3n) is 6.47. The van der Waals surface area contributed by atoms with Gasteiger partial charge in [-0.3, -0.25) is 19.2 Å². The van der Waals surface area contributed by atoms with Crippen LogP contribution in [-0.4, -0.2) is 27.7 Å². The highest BCUT2D eigenvalue weighted by atomic mass is 16.1. The maximum absolute atomic E-state index is 13.8. The second-order valence-electron chi connectivity index (χ2n) is 9.05. The van der Waals surface area contributed by atoms with Gasteiger partial charge in [0.1, 0.15) is 0 Å². The van der Waals surface area contributed by atoms with E-state index in [0.717, 1.165) is 41.4 Å². The number of nitrogens with zero attached hydrogens (tertiary/aromatic N) is 4. The number of fused-ring (bicyclic) bond motifs is 1. The molecule has 0 fully saturated rings. The fourth-order valence-electron chi connectivity index (χ4n) is 4.60. The van der Waals surface area contributed by atoms with Crippen LogP contribution in [0.5, 0.6) is 0 Å². The van der Waals surface area contributed by atoms with E-state index in [1.54, 1.807) is 0 Å². The summed E-state index contributed by atoms with van der Waals surface area (Å²) in [5.41, 5.74) is 6.28. The van der Waals surface area contributed by atoms with Gasteiger partial charge in [0.15, 0.2) is 0 Å². The third kappa shape index (κ3) is 4.66. The molecule has 1 aromatic heterocycles. The van der Waals surface area contributed by atoms with Gasteiger partial charge < -0.3 is 0 Å². The zero-order valence-corrected chi connectivity index (χ0v) is 19.8. The van der Waals surface area contributed by atoms with Crippen molar-refractivity contribution < 1.29 is 0 Å². The number of aromatic nitrogens is 2. The van der Waals surface area contributed by atoms with Crippen molar-refractivity contribution in [3.8, 4) is 0 Å². The van der Waals surface area contributed by atoms with Crippen molar-refractivity contribution in [2.75, 3.05) is 18.1 Å². The van der Waals surface area contributed by atoms with Gasteiger partial charge >= 0.3 is 0 Å². The van der Waals surface area contributed by atoms with Crippen LogP contribution in [0.4, 0.5) is 11.6 Å². The quantitative estimate of drug-likeness (QED) is 0.412. The summed E-state index contributed by atoms with van der Waals surface area (Å²) in [6, 6.07) is 29.1. The number of hydrogen-bond acceptors (Lipinski definition) is 4. The van der Waals surface area contributed by atoms with Crippen LogP contribution < -0.4 is 10.5 Å². The molecule has 1 aliphatic heterocycles. The van der Waals surface area contributed by atoms with Gasteiger partial charge in [0, 0.05) is 24.2 Å². The van der Waals surface area contributed by atoms with Gasteiger partial charge in [-0.05, 0) is 49.1 Å². The Kier molecular flexibility index (Phi) is 6.28. The topological polar surface area (TPSA) is 41.4 Å². The van der Waals surface area contributed by atoms with E-state index in [1.807, 2.05) is 35.8 Å². The summed E-state index contributed by atoms with van der Waals surface area (Å²) in [6.07, 6.45) is 1.52. The molecule has 0 bridgehead atoms. The van der Waals surface area contributed by atoms with Crippen molar-refractivity contribution >= 4 is 11.6 Å². The summed E-state index contributed by atoms with van der Waals surface area (Å²) < 4.78 is 1.85. The highest BCUT2D eigenvalue weighted by Gasteiger charge is 2.28. The van der Waals surface area contributed by atoms with E-state index in [-0.39, 0.29) is 5.56 Å². The van der Waals surface area contributed by atoms with E-state index in [1.165, 1.54) is 11.1 Å². The normalized spacial score (nSPS) is 13.6. The van der Waals surface area contributed by atoms with Crippen molar-refractivity contribution in [1.29, 1.82) is 0 Å². The molecule has 0 saturated carbocycles. The predicted octanol–water partition coefficient (Wildman–Crippen LogP) is 5.06. The second-order valence-corrected chi connectivity index (χ2v) is 9.05.